The Balaban J connectivity index is 1.65. The van der Waals surface area contributed by atoms with E-state index in [-0.39, 0.29) is 12.5 Å². The van der Waals surface area contributed by atoms with E-state index in [9.17, 15) is 4.79 Å². The molecule has 0 saturated carbocycles. The van der Waals surface area contributed by atoms with Crippen LogP contribution in [0.15, 0.2) is 17.5 Å². The lowest BCUT2D eigenvalue weighted by atomic mass is 9.93. The van der Waals surface area contributed by atoms with Crippen molar-refractivity contribution in [1.29, 1.82) is 0 Å². The van der Waals surface area contributed by atoms with Crippen LogP contribution in [0.2, 0.25) is 0 Å². The molecule has 1 amide bonds. The van der Waals surface area contributed by atoms with Gasteiger partial charge < -0.3 is 4.90 Å². The Morgan fingerprint density at radius 2 is 2.10 bits per heavy atom. The van der Waals surface area contributed by atoms with Crippen LogP contribution in [0.5, 0.6) is 0 Å². The second-order valence-corrected chi connectivity index (χ2v) is 6.89. The number of rotatable bonds is 3. The molecule has 0 aliphatic carbocycles. The molecule has 20 heavy (non-hydrogen) atoms. The number of alkyl halides is 1. The van der Waals surface area contributed by atoms with E-state index in [1.165, 1.54) is 4.88 Å². The van der Waals surface area contributed by atoms with Gasteiger partial charge in [0.15, 0.2) is 0 Å². The standard InChI is InChI=1S/C15H21FN2OS/c16-15(14(19)18-8-1-2-9-18)6-4-7-17(12-15)11-13-5-3-10-20-13/h3,5,10H,1-2,4,6-9,11-12H2. The van der Waals surface area contributed by atoms with Crippen LogP contribution in [0.1, 0.15) is 30.6 Å². The number of amides is 1. The molecule has 110 valence electrons. The number of hydrogen-bond acceptors (Lipinski definition) is 3. The summed E-state index contributed by atoms with van der Waals surface area (Å²) in [5.74, 6) is -0.272. The lowest BCUT2D eigenvalue weighted by molar-refractivity contribution is -0.147. The van der Waals surface area contributed by atoms with Crippen LogP contribution in [0.4, 0.5) is 4.39 Å². The third-order valence-corrected chi connectivity index (χ3v) is 5.12. The molecule has 0 N–H and O–H groups in total. The first kappa shape index (κ1) is 14.0. The molecule has 0 spiro atoms. The minimum Gasteiger partial charge on any atom is -0.340 e. The zero-order valence-corrected chi connectivity index (χ0v) is 12.5. The van der Waals surface area contributed by atoms with Crippen molar-refractivity contribution >= 4 is 17.2 Å². The van der Waals surface area contributed by atoms with Gasteiger partial charge in [-0.25, -0.2) is 4.39 Å². The first-order valence-electron chi connectivity index (χ1n) is 7.40. The molecule has 1 unspecified atom stereocenters. The van der Waals surface area contributed by atoms with Gasteiger partial charge in [-0.05, 0) is 43.7 Å². The molecule has 3 heterocycles. The van der Waals surface area contributed by atoms with Crippen molar-refractivity contribution in [3.63, 3.8) is 0 Å². The van der Waals surface area contributed by atoms with E-state index in [2.05, 4.69) is 11.0 Å². The molecular weight excluding hydrogens is 275 g/mol. The van der Waals surface area contributed by atoms with E-state index in [4.69, 9.17) is 0 Å². The normalized spacial score (nSPS) is 27.9. The van der Waals surface area contributed by atoms with Gasteiger partial charge in [0.05, 0.1) is 0 Å². The third kappa shape index (κ3) is 2.88. The van der Waals surface area contributed by atoms with Crippen molar-refractivity contribution in [2.75, 3.05) is 26.2 Å². The number of halogens is 1. The van der Waals surface area contributed by atoms with Gasteiger partial charge in [-0.2, -0.15) is 0 Å². The SMILES string of the molecule is O=C(N1CCCC1)C1(F)CCCN(Cc2cccs2)C1. The van der Waals surface area contributed by atoms with Crippen molar-refractivity contribution in [2.24, 2.45) is 0 Å². The molecule has 2 fully saturated rings. The van der Waals surface area contributed by atoms with Crippen molar-refractivity contribution < 1.29 is 9.18 Å². The summed E-state index contributed by atoms with van der Waals surface area (Å²) in [5.41, 5.74) is -1.67. The molecule has 0 radical (unpaired) electrons. The lowest BCUT2D eigenvalue weighted by Crippen LogP contribution is -2.54. The summed E-state index contributed by atoms with van der Waals surface area (Å²) in [7, 11) is 0. The Hall–Kier alpha value is -0.940. The van der Waals surface area contributed by atoms with Gasteiger partial charge in [0, 0.05) is 31.1 Å². The summed E-state index contributed by atoms with van der Waals surface area (Å²) in [6, 6.07) is 4.09. The molecule has 2 aliphatic heterocycles. The maximum atomic E-state index is 15.1. The van der Waals surface area contributed by atoms with E-state index in [0.717, 1.165) is 45.4 Å². The number of carbonyl (C=O) groups is 1. The van der Waals surface area contributed by atoms with Gasteiger partial charge in [-0.15, -0.1) is 11.3 Å². The monoisotopic (exact) mass is 296 g/mol. The summed E-state index contributed by atoms with van der Waals surface area (Å²) in [5, 5.41) is 2.04. The van der Waals surface area contributed by atoms with E-state index in [1.807, 2.05) is 11.4 Å². The van der Waals surface area contributed by atoms with Crippen LogP contribution in [0, 0.1) is 0 Å². The molecule has 0 bridgehead atoms. The molecule has 1 atom stereocenters. The summed E-state index contributed by atoms with van der Waals surface area (Å²) in [6.45, 7) is 3.36. The van der Waals surface area contributed by atoms with Gasteiger partial charge in [0.1, 0.15) is 0 Å². The van der Waals surface area contributed by atoms with Crippen LogP contribution in [0.25, 0.3) is 0 Å². The molecule has 1 aromatic rings. The van der Waals surface area contributed by atoms with E-state index in [0.29, 0.717) is 6.42 Å². The highest BCUT2D eigenvalue weighted by molar-refractivity contribution is 7.09. The fourth-order valence-electron chi connectivity index (χ4n) is 3.23. The maximum Gasteiger partial charge on any atom is 0.261 e. The van der Waals surface area contributed by atoms with Gasteiger partial charge in [-0.3, -0.25) is 9.69 Å². The minimum absolute atomic E-state index is 0.250. The quantitative estimate of drug-likeness (QED) is 0.856. The Morgan fingerprint density at radius 1 is 1.30 bits per heavy atom. The number of piperidine rings is 1. The van der Waals surface area contributed by atoms with Crippen LogP contribution in [-0.2, 0) is 11.3 Å². The van der Waals surface area contributed by atoms with Crippen molar-refractivity contribution in [3.8, 4) is 0 Å². The number of nitrogens with zero attached hydrogens (tertiary/aromatic N) is 2. The maximum absolute atomic E-state index is 15.1. The second kappa shape index (κ2) is 5.82. The highest BCUT2D eigenvalue weighted by Gasteiger charge is 2.45. The summed E-state index contributed by atoms with van der Waals surface area (Å²) in [6.07, 6.45) is 3.17. The fraction of sp³-hybridized carbons (Fsp3) is 0.667. The van der Waals surface area contributed by atoms with Crippen LogP contribution >= 0.6 is 11.3 Å². The molecule has 3 nitrogen and oxygen atoms in total. The molecule has 5 heteroatoms. The molecule has 3 rings (SSSR count). The molecule has 1 aromatic heterocycles. The predicted octanol–water partition coefficient (Wildman–Crippen LogP) is 2.67. The van der Waals surface area contributed by atoms with Gasteiger partial charge in [0.2, 0.25) is 5.67 Å². The van der Waals surface area contributed by atoms with Gasteiger partial charge >= 0.3 is 0 Å². The summed E-state index contributed by atoms with van der Waals surface area (Å²) >= 11 is 1.69. The van der Waals surface area contributed by atoms with Crippen molar-refractivity contribution in [2.45, 2.75) is 37.9 Å². The lowest BCUT2D eigenvalue weighted by Gasteiger charge is -2.38. The van der Waals surface area contributed by atoms with Crippen LogP contribution < -0.4 is 0 Å². The average Bonchev–Trinajstić information content (AvgIpc) is 3.10. The van der Waals surface area contributed by atoms with E-state index < -0.39 is 5.67 Å². The smallest absolute Gasteiger partial charge is 0.261 e. The average molecular weight is 296 g/mol. The number of likely N-dealkylation sites (tertiary alicyclic amines) is 2. The summed E-state index contributed by atoms with van der Waals surface area (Å²) < 4.78 is 15.1. The van der Waals surface area contributed by atoms with E-state index in [1.54, 1.807) is 16.2 Å². The minimum atomic E-state index is -1.67. The van der Waals surface area contributed by atoms with Crippen molar-refractivity contribution in [3.05, 3.63) is 22.4 Å². The first-order chi connectivity index (χ1) is 9.67. The van der Waals surface area contributed by atoms with Gasteiger partial charge in [-0.1, -0.05) is 6.07 Å². The fourth-order valence-corrected chi connectivity index (χ4v) is 3.98. The zero-order chi connectivity index (χ0) is 14.0. The number of carbonyl (C=O) groups excluding carboxylic acids is 1. The third-order valence-electron chi connectivity index (χ3n) is 4.26. The molecular formula is C15H21FN2OS. The Labute approximate surface area is 123 Å². The van der Waals surface area contributed by atoms with Gasteiger partial charge in [0.25, 0.3) is 5.91 Å². The summed E-state index contributed by atoms with van der Waals surface area (Å²) in [4.78, 5) is 17.4. The number of hydrogen-bond donors (Lipinski definition) is 0. The number of thiophene rings is 1. The highest BCUT2D eigenvalue weighted by atomic mass is 32.1. The second-order valence-electron chi connectivity index (χ2n) is 5.86. The van der Waals surface area contributed by atoms with Crippen LogP contribution in [0.3, 0.4) is 0 Å². The molecule has 2 saturated heterocycles. The largest absolute Gasteiger partial charge is 0.340 e. The van der Waals surface area contributed by atoms with Crippen LogP contribution in [-0.4, -0.2) is 47.6 Å². The molecule has 2 aliphatic rings. The van der Waals surface area contributed by atoms with E-state index >= 15 is 4.39 Å². The highest BCUT2D eigenvalue weighted by Crippen LogP contribution is 2.30. The van der Waals surface area contributed by atoms with Crippen molar-refractivity contribution in [1.82, 2.24) is 9.80 Å². The Morgan fingerprint density at radius 3 is 2.80 bits per heavy atom. The topological polar surface area (TPSA) is 23.6 Å². The first-order valence-corrected chi connectivity index (χ1v) is 8.28. The predicted molar refractivity (Wildman–Crippen MR) is 78.5 cm³/mol. The Bertz CT molecular complexity index is 458. The molecule has 0 aromatic carbocycles. The Kier molecular flexibility index (Phi) is 4.08. The zero-order valence-electron chi connectivity index (χ0n) is 11.7.